The van der Waals surface area contributed by atoms with Crippen LogP contribution in [0.4, 0.5) is 10.1 Å². The van der Waals surface area contributed by atoms with Crippen molar-refractivity contribution in [2.75, 3.05) is 11.9 Å². The minimum absolute atomic E-state index is 0.295. The summed E-state index contributed by atoms with van der Waals surface area (Å²) in [7, 11) is 0. The van der Waals surface area contributed by atoms with Gasteiger partial charge in [-0.25, -0.2) is 14.1 Å². The number of nitrogens with zero attached hydrogens (tertiary/aromatic N) is 3. The van der Waals surface area contributed by atoms with E-state index in [0.717, 1.165) is 0 Å². The van der Waals surface area contributed by atoms with E-state index in [2.05, 4.69) is 27.2 Å². The number of carbonyl (C=O) groups excluding carboxylic acids is 1. The molecule has 1 unspecified atom stereocenters. The standard InChI is InChI=1S/C14H13FN4O2/c1-10(19-9-16-8-17-19)14(21)18-13-5-4-12(15)7-11(13)3-2-6-20/h4-5,7-10,20H,6H2,1H3,(H,18,21). The number of carbonyl (C=O) groups is 1. The van der Waals surface area contributed by atoms with Crippen molar-refractivity contribution in [1.29, 1.82) is 0 Å². The van der Waals surface area contributed by atoms with Crippen LogP contribution in [0.1, 0.15) is 18.5 Å². The molecule has 1 heterocycles. The van der Waals surface area contributed by atoms with Gasteiger partial charge in [0.05, 0.1) is 11.3 Å². The molecule has 0 fully saturated rings. The molecule has 0 saturated heterocycles. The van der Waals surface area contributed by atoms with Crippen molar-refractivity contribution in [3.8, 4) is 11.8 Å². The molecule has 2 aromatic rings. The van der Waals surface area contributed by atoms with Crippen molar-refractivity contribution in [2.24, 2.45) is 0 Å². The van der Waals surface area contributed by atoms with Gasteiger partial charge in [0.15, 0.2) is 0 Å². The molecule has 1 aromatic carbocycles. The first-order chi connectivity index (χ1) is 10.1. The van der Waals surface area contributed by atoms with Crippen LogP contribution < -0.4 is 5.32 Å². The van der Waals surface area contributed by atoms with E-state index >= 15 is 0 Å². The highest BCUT2D eigenvalue weighted by Crippen LogP contribution is 2.17. The molecule has 108 valence electrons. The normalized spacial score (nSPS) is 11.4. The van der Waals surface area contributed by atoms with Gasteiger partial charge in [0.2, 0.25) is 5.91 Å². The van der Waals surface area contributed by atoms with E-state index in [-0.39, 0.29) is 12.5 Å². The predicted octanol–water partition coefficient (Wildman–Crippen LogP) is 0.961. The Morgan fingerprint density at radius 1 is 1.57 bits per heavy atom. The minimum atomic E-state index is -0.573. The SMILES string of the molecule is CC(C(=O)Nc1ccc(F)cc1C#CCO)n1cncn1. The molecule has 0 bridgehead atoms. The van der Waals surface area contributed by atoms with Crippen LogP contribution in [0.3, 0.4) is 0 Å². The zero-order chi connectivity index (χ0) is 15.2. The fourth-order valence-corrected chi connectivity index (χ4v) is 1.64. The Morgan fingerprint density at radius 3 is 3.05 bits per heavy atom. The van der Waals surface area contributed by atoms with Crippen molar-refractivity contribution in [3.63, 3.8) is 0 Å². The number of anilines is 1. The molecular weight excluding hydrogens is 275 g/mol. The molecule has 1 atom stereocenters. The van der Waals surface area contributed by atoms with Gasteiger partial charge in [-0.3, -0.25) is 4.79 Å². The third-order valence-electron chi connectivity index (χ3n) is 2.75. The number of aliphatic hydroxyl groups is 1. The van der Waals surface area contributed by atoms with E-state index in [4.69, 9.17) is 5.11 Å². The monoisotopic (exact) mass is 288 g/mol. The maximum absolute atomic E-state index is 13.2. The van der Waals surface area contributed by atoms with Gasteiger partial charge >= 0.3 is 0 Å². The Kier molecular flexibility index (Phi) is 4.64. The molecular formula is C14H13FN4O2. The Bertz CT molecular complexity index is 689. The topological polar surface area (TPSA) is 80.0 Å². The molecule has 0 aliphatic rings. The fraction of sp³-hybridized carbons (Fsp3) is 0.214. The molecule has 2 N–H and O–H groups in total. The van der Waals surface area contributed by atoms with E-state index in [1.807, 2.05) is 0 Å². The van der Waals surface area contributed by atoms with Gasteiger partial charge in [0.1, 0.15) is 31.1 Å². The summed E-state index contributed by atoms with van der Waals surface area (Å²) >= 11 is 0. The van der Waals surface area contributed by atoms with Gasteiger partial charge in [-0.05, 0) is 25.1 Å². The molecule has 0 aliphatic carbocycles. The summed E-state index contributed by atoms with van der Waals surface area (Å²) in [6.07, 6.45) is 2.77. The number of rotatable bonds is 3. The fourth-order valence-electron chi connectivity index (χ4n) is 1.64. The lowest BCUT2D eigenvalue weighted by Crippen LogP contribution is -2.24. The molecule has 0 spiro atoms. The van der Waals surface area contributed by atoms with Gasteiger partial charge < -0.3 is 10.4 Å². The summed E-state index contributed by atoms with van der Waals surface area (Å²) in [5.41, 5.74) is 0.664. The summed E-state index contributed by atoms with van der Waals surface area (Å²) in [5, 5.41) is 15.3. The predicted molar refractivity (Wildman–Crippen MR) is 73.7 cm³/mol. The highest BCUT2D eigenvalue weighted by Gasteiger charge is 2.16. The number of nitrogens with one attached hydrogen (secondary N) is 1. The first-order valence-corrected chi connectivity index (χ1v) is 6.16. The first kappa shape index (κ1) is 14.7. The number of aromatic nitrogens is 3. The number of hydrogen-bond acceptors (Lipinski definition) is 4. The average molecular weight is 288 g/mol. The molecule has 0 radical (unpaired) electrons. The average Bonchev–Trinajstić information content (AvgIpc) is 3.00. The molecule has 7 heteroatoms. The van der Waals surface area contributed by atoms with Crippen molar-refractivity contribution in [2.45, 2.75) is 13.0 Å². The van der Waals surface area contributed by atoms with Gasteiger partial charge in [-0.15, -0.1) is 0 Å². The molecule has 6 nitrogen and oxygen atoms in total. The van der Waals surface area contributed by atoms with Crippen LogP contribution in [0.15, 0.2) is 30.9 Å². The maximum atomic E-state index is 13.2. The number of halogens is 1. The molecule has 0 aliphatic heterocycles. The van der Waals surface area contributed by atoms with Crippen molar-refractivity contribution < 1.29 is 14.3 Å². The quantitative estimate of drug-likeness (QED) is 0.824. The van der Waals surface area contributed by atoms with E-state index < -0.39 is 11.9 Å². The molecule has 21 heavy (non-hydrogen) atoms. The maximum Gasteiger partial charge on any atom is 0.249 e. The lowest BCUT2D eigenvalue weighted by molar-refractivity contribution is -0.119. The summed E-state index contributed by atoms with van der Waals surface area (Å²) in [5.74, 6) is 4.21. The number of amides is 1. The second-order valence-electron chi connectivity index (χ2n) is 4.19. The highest BCUT2D eigenvalue weighted by molar-refractivity contribution is 5.94. The second-order valence-corrected chi connectivity index (χ2v) is 4.19. The first-order valence-electron chi connectivity index (χ1n) is 6.16. The van der Waals surface area contributed by atoms with Crippen LogP contribution in [0.25, 0.3) is 0 Å². The van der Waals surface area contributed by atoms with Crippen LogP contribution in [0.5, 0.6) is 0 Å². The van der Waals surface area contributed by atoms with Crippen molar-refractivity contribution in [1.82, 2.24) is 14.8 Å². The zero-order valence-electron chi connectivity index (χ0n) is 11.2. The summed E-state index contributed by atoms with van der Waals surface area (Å²) < 4.78 is 14.6. The lowest BCUT2D eigenvalue weighted by atomic mass is 10.1. The number of hydrogen-bond donors (Lipinski definition) is 2. The van der Waals surface area contributed by atoms with E-state index in [0.29, 0.717) is 11.3 Å². The van der Waals surface area contributed by atoms with E-state index in [1.165, 1.54) is 35.5 Å². The Balaban J connectivity index is 2.21. The van der Waals surface area contributed by atoms with E-state index in [1.54, 1.807) is 6.92 Å². The van der Waals surface area contributed by atoms with Crippen molar-refractivity contribution >= 4 is 11.6 Å². The third kappa shape index (κ3) is 3.64. The minimum Gasteiger partial charge on any atom is -0.384 e. The van der Waals surface area contributed by atoms with Gasteiger partial charge in [0, 0.05) is 0 Å². The summed E-state index contributed by atoms with van der Waals surface area (Å²) in [6, 6.07) is 3.26. The molecule has 1 aromatic heterocycles. The molecule has 1 amide bonds. The second kappa shape index (κ2) is 6.63. The Hall–Kier alpha value is -2.72. The highest BCUT2D eigenvalue weighted by atomic mass is 19.1. The third-order valence-corrected chi connectivity index (χ3v) is 2.75. The van der Waals surface area contributed by atoms with Gasteiger partial charge in [0.25, 0.3) is 0 Å². The smallest absolute Gasteiger partial charge is 0.249 e. The van der Waals surface area contributed by atoms with Crippen LogP contribution in [0.2, 0.25) is 0 Å². The molecule has 0 saturated carbocycles. The van der Waals surface area contributed by atoms with Crippen molar-refractivity contribution in [3.05, 3.63) is 42.2 Å². The van der Waals surface area contributed by atoms with Crippen LogP contribution in [-0.4, -0.2) is 32.4 Å². The Labute approximate surface area is 120 Å². The summed E-state index contributed by atoms with van der Waals surface area (Å²) in [4.78, 5) is 15.9. The van der Waals surface area contributed by atoms with E-state index in [9.17, 15) is 9.18 Å². The van der Waals surface area contributed by atoms with Gasteiger partial charge in [-0.2, -0.15) is 5.10 Å². The number of benzene rings is 1. The van der Waals surface area contributed by atoms with Gasteiger partial charge in [-0.1, -0.05) is 11.8 Å². The largest absolute Gasteiger partial charge is 0.384 e. The molecule has 2 rings (SSSR count). The Morgan fingerprint density at radius 2 is 2.38 bits per heavy atom. The summed E-state index contributed by atoms with van der Waals surface area (Å²) in [6.45, 7) is 1.31. The zero-order valence-corrected chi connectivity index (χ0v) is 11.2. The van der Waals surface area contributed by atoms with Crippen LogP contribution >= 0.6 is 0 Å². The van der Waals surface area contributed by atoms with Crippen LogP contribution in [-0.2, 0) is 4.79 Å². The number of aliphatic hydroxyl groups excluding tert-OH is 1. The lowest BCUT2D eigenvalue weighted by Gasteiger charge is -2.13. The van der Waals surface area contributed by atoms with Crippen LogP contribution in [0, 0.1) is 17.7 Å².